The smallest absolute Gasteiger partial charge is 0.198 e. The number of nitrogens with one attached hydrogen (secondary N) is 1. The third kappa shape index (κ3) is 3.89. The van der Waals surface area contributed by atoms with Crippen molar-refractivity contribution in [3.8, 4) is 11.5 Å². The molecule has 0 aliphatic carbocycles. The molecule has 0 saturated carbocycles. The van der Waals surface area contributed by atoms with Crippen LogP contribution < -0.4 is 10.1 Å². The van der Waals surface area contributed by atoms with Crippen molar-refractivity contribution in [2.75, 3.05) is 6.54 Å². The fraction of sp³-hybridized carbons (Fsp3) is 0.200. The summed E-state index contributed by atoms with van der Waals surface area (Å²) in [6.45, 7) is 2.94. The zero-order chi connectivity index (χ0) is 15.4. The lowest BCUT2D eigenvalue weighted by Crippen LogP contribution is -2.12. The summed E-state index contributed by atoms with van der Waals surface area (Å²) >= 11 is 5.59. The van der Waals surface area contributed by atoms with Crippen molar-refractivity contribution in [3.63, 3.8) is 0 Å². The molecular formula is C15H13ClF3NO. The van der Waals surface area contributed by atoms with Gasteiger partial charge >= 0.3 is 0 Å². The molecule has 0 aromatic heterocycles. The quantitative estimate of drug-likeness (QED) is 0.866. The number of hydrogen-bond acceptors (Lipinski definition) is 2. The van der Waals surface area contributed by atoms with E-state index in [0.717, 1.165) is 12.1 Å². The van der Waals surface area contributed by atoms with Crippen LogP contribution in [0.3, 0.4) is 0 Å². The van der Waals surface area contributed by atoms with Crippen LogP contribution in [-0.4, -0.2) is 6.54 Å². The standard InChI is InChI=1S/C15H13ClF3NO/c1-2-20-8-9-5-13(18)15(14(19)6-9)21-10-3-4-12(17)11(16)7-10/h3-7,20H,2,8H2,1H3. The van der Waals surface area contributed by atoms with Gasteiger partial charge in [0.25, 0.3) is 0 Å². The molecule has 0 heterocycles. The molecule has 0 spiro atoms. The number of halogens is 4. The molecule has 2 rings (SSSR count). The van der Waals surface area contributed by atoms with Gasteiger partial charge in [-0.3, -0.25) is 0 Å². The second-order valence-corrected chi connectivity index (χ2v) is 4.75. The average molecular weight is 316 g/mol. The molecule has 2 nitrogen and oxygen atoms in total. The van der Waals surface area contributed by atoms with E-state index in [1.54, 1.807) is 0 Å². The monoisotopic (exact) mass is 315 g/mol. The van der Waals surface area contributed by atoms with E-state index in [0.29, 0.717) is 18.7 Å². The fourth-order valence-corrected chi connectivity index (χ4v) is 1.91. The van der Waals surface area contributed by atoms with Crippen LogP contribution in [0.5, 0.6) is 11.5 Å². The number of hydrogen-bond donors (Lipinski definition) is 1. The first-order chi connectivity index (χ1) is 10.0. The first kappa shape index (κ1) is 15.7. The lowest BCUT2D eigenvalue weighted by atomic mass is 10.2. The van der Waals surface area contributed by atoms with Crippen molar-refractivity contribution in [1.82, 2.24) is 5.32 Å². The van der Waals surface area contributed by atoms with Gasteiger partial charge in [0.05, 0.1) is 5.02 Å². The minimum Gasteiger partial charge on any atom is -0.451 e. The maximum Gasteiger partial charge on any atom is 0.198 e. The van der Waals surface area contributed by atoms with Crippen LogP contribution in [-0.2, 0) is 6.54 Å². The van der Waals surface area contributed by atoms with Gasteiger partial charge in [-0.15, -0.1) is 0 Å². The van der Waals surface area contributed by atoms with E-state index >= 15 is 0 Å². The van der Waals surface area contributed by atoms with E-state index in [4.69, 9.17) is 16.3 Å². The summed E-state index contributed by atoms with van der Waals surface area (Å²) in [6.07, 6.45) is 0. The molecule has 1 N–H and O–H groups in total. The minimum absolute atomic E-state index is 0.0543. The van der Waals surface area contributed by atoms with E-state index in [9.17, 15) is 13.2 Å². The van der Waals surface area contributed by atoms with Crippen LogP contribution in [0.4, 0.5) is 13.2 Å². The van der Waals surface area contributed by atoms with Gasteiger partial charge in [0, 0.05) is 12.6 Å². The van der Waals surface area contributed by atoms with Crippen LogP contribution in [0.15, 0.2) is 30.3 Å². The van der Waals surface area contributed by atoms with Crippen molar-refractivity contribution < 1.29 is 17.9 Å². The first-order valence-corrected chi connectivity index (χ1v) is 6.70. The Morgan fingerprint density at radius 3 is 2.29 bits per heavy atom. The lowest BCUT2D eigenvalue weighted by molar-refractivity contribution is 0.405. The average Bonchev–Trinajstić information content (AvgIpc) is 2.44. The Kier molecular flexibility index (Phi) is 5.09. The molecule has 0 aliphatic rings. The highest BCUT2D eigenvalue weighted by molar-refractivity contribution is 6.30. The largest absolute Gasteiger partial charge is 0.451 e. The van der Waals surface area contributed by atoms with Gasteiger partial charge in [-0.1, -0.05) is 18.5 Å². The Morgan fingerprint density at radius 2 is 1.71 bits per heavy atom. The molecular weight excluding hydrogens is 303 g/mol. The molecule has 0 amide bonds. The molecule has 2 aromatic rings. The molecule has 0 saturated heterocycles. The first-order valence-electron chi connectivity index (χ1n) is 6.32. The van der Waals surface area contributed by atoms with Gasteiger partial charge in [0.1, 0.15) is 11.6 Å². The van der Waals surface area contributed by atoms with Crippen molar-refractivity contribution in [3.05, 3.63) is 58.4 Å². The Bertz CT molecular complexity index is 626. The highest BCUT2D eigenvalue weighted by Crippen LogP contribution is 2.30. The van der Waals surface area contributed by atoms with Gasteiger partial charge < -0.3 is 10.1 Å². The van der Waals surface area contributed by atoms with Crippen LogP contribution >= 0.6 is 11.6 Å². The molecule has 112 valence electrons. The van der Waals surface area contributed by atoms with Crippen molar-refractivity contribution in [2.45, 2.75) is 13.5 Å². The second-order valence-electron chi connectivity index (χ2n) is 4.35. The lowest BCUT2D eigenvalue weighted by Gasteiger charge is -2.10. The minimum atomic E-state index is -0.830. The van der Waals surface area contributed by atoms with Gasteiger partial charge in [0.15, 0.2) is 17.4 Å². The van der Waals surface area contributed by atoms with Crippen LogP contribution in [0, 0.1) is 17.5 Å². The van der Waals surface area contributed by atoms with Gasteiger partial charge in [-0.05, 0) is 36.4 Å². The van der Waals surface area contributed by atoms with Gasteiger partial charge in [-0.25, -0.2) is 13.2 Å². The third-order valence-electron chi connectivity index (χ3n) is 2.75. The Morgan fingerprint density at radius 1 is 1.05 bits per heavy atom. The van der Waals surface area contributed by atoms with E-state index in [1.807, 2.05) is 6.92 Å². The Labute approximate surface area is 125 Å². The summed E-state index contributed by atoms with van der Waals surface area (Å²) in [7, 11) is 0. The van der Waals surface area contributed by atoms with Crippen molar-refractivity contribution >= 4 is 11.6 Å². The normalized spacial score (nSPS) is 10.7. The summed E-state index contributed by atoms with van der Waals surface area (Å²) in [5.74, 6) is -2.78. The number of benzene rings is 2. The van der Waals surface area contributed by atoms with Gasteiger partial charge in [0.2, 0.25) is 0 Å². The summed E-state index contributed by atoms with van der Waals surface area (Å²) < 4.78 is 45.9. The van der Waals surface area contributed by atoms with E-state index in [1.165, 1.54) is 18.2 Å². The Balaban J connectivity index is 2.25. The Hall–Kier alpha value is -1.72. The molecule has 0 atom stereocenters. The molecule has 0 radical (unpaired) electrons. The maximum atomic E-state index is 13.9. The summed E-state index contributed by atoms with van der Waals surface area (Å²) in [5, 5.41) is 2.79. The maximum absolute atomic E-state index is 13.9. The highest BCUT2D eigenvalue weighted by Gasteiger charge is 2.14. The van der Waals surface area contributed by atoms with Crippen LogP contribution in [0.25, 0.3) is 0 Å². The summed E-state index contributed by atoms with van der Waals surface area (Å²) in [6, 6.07) is 5.83. The predicted molar refractivity (Wildman–Crippen MR) is 75.2 cm³/mol. The van der Waals surface area contributed by atoms with E-state index in [2.05, 4.69) is 5.32 Å². The molecule has 6 heteroatoms. The molecule has 0 bridgehead atoms. The second kappa shape index (κ2) is 6.83. The zero-order valence-corrected chi connectivity index (χ0v) is 12.0. The molecule has 0 unspecified atom stereocenters. The topological polar surface area (TPSA) is 21.3 Å². The molecule has 21 heavy (non-hydrogen) atoms. The summed E-state index contributed by atoms with van der Waals surface area (Å²) in [5.41, 5.74) is 0.469. The molecule has 0 aliphatic heterocycles. The number of ether oxygens (including phenoxy) is 1. The van der Waals surface area contributed by atoms with Crippen molar-refractivity contribution in [2.24, 2.45) is 0 Å². The fourth-order valence-electron chi connectivity index (χ4n) is 1.74. The highest BCUT2D eigenvalue weighted by atomic mass is 35.5. The zero-order valence-electron chi connectivity index (χ0n) is 11.2. The van der Waals surface area contributed by atoms with Gasteiger partial charge in [-0.2, -0.15) is 0 Å². The van der Waals surface area contributed by atoms with Crippen molar-refractivity contribution in [1.29, 1.82) is 0 Å². The predicted octanol–water partition coefficient (Wildman–Crippen LogP) is 4.66. The van der Waals surface area contributed by atoms with Crippen LogP contribution in [0.2, 0.25) is 5.02 Å². The van der Waals surface area contributed by atoms with E-state index < -0.39 is 23.2 Å². The molecule has 2 aromatic carbocycles. The van der Waals surface area contributed by atoms with E-state index in [-0.39, 0.29) is 10.8 Å². The van der Waals surface area contributed by atoms with Crippen LogP contribution in [0.1, 0.15) is 12.5 Å². The summed E-state index contributed by atoms with van der Waals surface area (Å²) in [4.78, 5) is 0. The molecule has 0 fully saturated rings. The number of rotatable bonds is 5. The SMILES string of the molecule is CCNCc1cc(F)c(Oc2ccc(F)c(Cl)c2)c(F)c1. The third-order valence-corrected chi connectivity index (χ3v) is 3.04.